The maximum atomic E-state index is 12.0. The highest BCUT2D eigenvalue weighted by molar-refractivity contribution is 7.88. The van der Waals surface area contributed by atoms with Gasteiger partial charge in [-0.3, -0.25) is 4.68 Å². The van der Waals surface area contributed by atoms with E-state index in [1.54, 1.807) is 41.3 Å². The summed E-state index contributed by atoms with van der Waals surface area (Å²) in [5, 5.41) is 16.5. The summed E-state index contributed by atoms with van der Waals surface area (Å²) in [5.41, 5.74) is 1.36. The molecule has 0 saturated carbocycles. The quantitative estimate of drug-likeness (QED) is 0.683. The molecule has 1 aromatic heterocycles. The van der Waals surface area contributed by atoms with E-state index in [0.29, 0.717) is 30.6 Å². The number of hydrogen-bond acceptors (Lipinski definition) is 5. The fourth-order valence-electron chi connectivity index (χ4n) is 1.91. The normalized spacial score (nSPS) is 11.7. The Morgan fingerprint density at radius 2 is 2.10 bits per heavy atom. The molecule has 0 amide bonds. The van der Waals surface area contributed by atoms with E-state index in [4.69, 9.17) is 5.11 Å². The lowest BCUT2D eigenvalue weighted by molar-refractivity contribution is 0.282. The van der Waals surface area contributed by atoms with Crippen molar-refractivity contribution >= 4 is 10.0 Å². The zero-order valence-corrected chi connectivity index (χ0v) is 12.3. The minimum Gasteiger partial charge on any atom is -0.392 e. The van der Waals surface area contributed by atoms with Crippen LogP contribution in [0.1, 0.15) is 17.5 Å². The van der Waals surface area contributed by atoms with Gasteiger partial charge >= 0.3 is 0 Å². The van der Waals surface area contributed by atoms with Crippen LogP contribution in [0.4, 0.5) is 0 Å². The Morgan fingerprint density at radius 3 is 2.81 bits per heavy atom. The van der Waals surface area contributed by atoms with Crippen molar-refractivity contribution in [2.24, 2.45) is 0 Å². The van der Waals surface area contributed by atoms with E-state index >= 15 is 0 Å². The SMILES string of the molecule is O=S(=O)(Cc1cccc(CO)c1)NCCCn1ccnn1. The first kappa shape index (κ1) is 15.6. The van der Waals surface area contributed by atoms with Gasteiger partial charge in [0.2, 0.25) is 10.0 Å². The second kappa shape index (κ2) is 7.30. The van der Waals surface area contributed by atoms with Crippen LogP contribution in [-0.4, -0.2) is 35.1 Å². The van der Waals surface area contributed by atoms with Crippen LogP contribution >= 0.6 is 0 Å². The highest BCUT2D eigenvalue weighted by Crippen LogP contribution is 2.08. The molecule has 0 radical (unpaired) electrons. The first-order valence-corrected chi connectivity index (χ1v) is 8.24. The van der Waals surface area contributed by atoms with Gasteiger partial charge in [-0.2, -0.15) is 0 Å². The maximum absolute atomic E-state index is 12.0. The van der Waals surface area contributed by atoms with Crippen molar-refractivity contribution in [1.29, 1.82) is 0 Å². The number of aliphatic hydroxyl groups excluding tert-OH is 1. The molecule has 21 heavy (non-hydrogen) atoms. The van der Waals surface area contributed by atoms with E-state index in [1.165, 1.54) is 0 Å². The summed E-state index contributed by atoms with van der Waals surface area (Å²) in [6.07, 6.45) is 3.95. The summed E-state index contributed by atoms with van der Waals surface area (Å²) in [4.78, 5) is 0. The zero-order valence-electron chi connectivity index (χ0n) is 11.5. The maximum Gasteiger partial charge on any atom is 0.215 e. The Bertz CT molecular complexity index is 656. The van der Waals surface area contributed by atoms with Crippen LogP contribution in [0, 0.1) is 0 Å². The van der Waals surface area contributed by atoms with Crippen LogP contribution < -0.4 is 4.72 Å². The molecule has 114 valence electrons. The van der Waals surface area contributed by atoms with Crippen LogP contribution in [0.3, 0.4) is 0 Å². The number of nitrogens with zero attached hydrogens (tertiary/aromatic N) is 3. The van der Waals surface area contributed by atoms with E-state index in [-0.39, 0.29) is 12.4 Å². The van der Waals surface area contributed by atoms with Gasteiger partial charge in [0, 0.05) is 19.3 Å². The smallest absolute Gasteiger partial charge is 0.215 e. The molecule has 0 aliphatic heterocycles. The number of nitrogens with one attached hydrogen (secondary N) is 1. The molecule has 0 aliphatic carbocycles. The third kappa shape index (κ3) is 5.25. The van der Waals surface area contributed by atoms with Crippen molar-refractivity contribution in [1.82, 2.24) is 19.7 Å². The lowest BCUT2D eigenvalue weighted by Gasteiger charge is -2.07. The number of sulfonamides is 1. The molecule has 1 heterocycles. The summed E-state index contributed by atoms with van der Waals surface area (Å²) >= 11 is 0. The van der Waals surface area contributed by atoms with Gasteiger partial charge in [0.25, 0.3) is 0 Å². The molecule has 0 atom stereocenters. The highest BCUT2D eigenvalue weighted by atomic mass is 32.2. The Morgan fingerprint density at radius 1 is 1.29 bits per heavy atom. The van der Waals surface area contributed by atoms with E-state index in [9.17, 15) is 8.42 Å². The highest BCUT2D eigenvalue weighted by Gasteiger charge is 2.11. The van der Waals surface area contributed by atoms with Gasteiger partial charge in [0.1, 0.15) is 0 Å². The molecule has 8 heteroatoms. The number of aliphatic hydroxyl groups is 1. The number of aromatic nitrogens is 3. The van der Waals surface area contributed by atoms with E-state index in [1.807, 2.05) is 0 Å². The molecule has 2 aromatic rings. The Hall–Kier alpha value is -1.77. The van der Waals surface area contributed by atoms with E-state index in [2.05, 4.69) is 15.0 Å². The van der Waals surface area contributed by atoms with Crippen LogP contribution in [-0.2, 0) is 28.9 Å². The number of benzene rings is 1. The molecule has 2 rings (SSSR count). The topological polar surface area (TPSA) is 97.1 Å². The molecule has 1 aromatic carbocycles. The molecule has 0 bridgehead atoms. The van der Waals surface area contributed by atoms with Gasteiger partial charge in [-0.05, 0) is 17.5 Å². The average Bonchev–Trinajstić information content (AvgIpc) is 2.96. The summed E-state index contributed by atoms with van der Waals surface area (Å²) in [6.45, 7) is 0.865. The van der Waals surface area contributed by atoms with Crippen molar-refractivity contribution in [3.63, 3.8) is 0 Å². The van der Waals surface area contributed by atoms with Crippen LogP contribution in [0.5, 0.6) is 0 Å². The molecule has 0 spiro atoms. The summed E-state index contributed by atoms with van der Waals surface area (Å²) in [5.74, 6) is -0.0931. The second-order valence-corrected chi connectivity index (χ2v) is 6.46. The van der Waals surface area contributed by atoms with Gasteiger partial charge in [-0.15, -0.1) is 5.10 Å². The van der Waals surface area contributed by atoms with Gasteiger partial charge in [-0.25, -0.2) is 13.1 Å². The van der Waals surface area contributed by atoms with Gasteiger partial charge in [0.05, 0.1) is 18.6 Å². The van der Waals surface area contributed by atoms with Crippen molar-refractivity contribution in [3.8, 4) is 0 Å². The van der Waals surface area contributed by atoms with E-state index < -0.39 is 10.0 Å². The molecule has 0 aliphatic rings. The molecule has 0 fully saturated rings. The van der Waals surface area contributed by atoms with Crippen LogP contribution in [0.15, 0.2) is 36.7 Å². The molecule has 0 saturated heterocycles. The monoisotopic (exact) mass is 310 g/mol. The third-order valence-electron chi connectivity index (χ3n) is 2.89. The Balaban J connectivity index is 1.81. The third-order valence-corrected chi connectivity index (χ3v) is 4.25. The average molecular weight is 310 g/mol. The molecular formula is C13H18N4O3S. The van der Waals surface area contributed by atoms with Gasteiger partial charge < -0.3 is 5.11 Å². The van der Waals surface area contributed by atoms with E-state index in [0.717, 1.165) is 0 Å². The molecular weight excluding hydrogens is 292 g/mol. The largest absolute Gasteiger partial charge is 0.392 e. The predicted octanol–water partition coefficient (Wildman–Crippen LogP) is 0.280. The van der Waals surface area contributed by atoms with Crippen molar-refractivity contribution in [3.05, 3.63) is 47.8 Å². The lowest BCUT2D eigenvalue weighted by Crippen LogP contribution is -2.27. The van der Waals surface area contributed by atoms with Crippen LogP contribution in [0.25, 0.3) is 0 Å². The minimum atomic E-state index is -3.38. The fourth-order valence-corrected chi connectivity index (χ4v) is 3.08. The van der Waals surface area contributed by atoms with Gasteiger partial charge in [0.15, 0.2) is 0 Å². The zero-order chi connectivity index (χ0) is 15.1. The second-order valence-electron chi connectivity index (χ2n) is 4.65. The van der Waals surface area contributed by atoms with Crippen LogP contribution in [0.2, 0.25) is 0 Å². The van der Waals surface area contributed by atoms with Crippen molar-refractivity contribution < 1.29 is 13.5 Å². The van der Waals surface area contributed by atoms with Crippen molar-refractivity contribution in [2.45, 2.75) is 25.3 Å². The minimum absolute atomic E-state index is 0.0931. The lowest BCUT2D eigenvalue weighted by atomic mass is 10.1. The first-order chi connectivity index (χ1) is 10.1. The number of rotatable bonds is 8. The molecule has 2 N–H and O–H groups in total. The molecule has 0 unspecified atom stereocenters. The predicted molar refractivity (Wildman–Crippen MR) is 77.6 cm³/mol. The van der Waals surface area contributed by atoms with Crippen molar-refractivity contribution in [2.75, 3.05) is 6.54 Å². The number of aryl methyl sites for hydroxylation is 1. The summed E-state index contributed by atoms with van der Waals surface area (Å²) in [7, 11) is -3.38. The summed E-state index contributed by atoms with van der Waals surface area (Å²) in [6, 6.07) is 6.91. The number of hydrogen-bond donors (Lipinski definition) is 2. The summed E-state index contributed by atoms with van der Waals surface area (Å²) < 4.78 is 28.1. The standard InChI is InChI=1S/C13H18N4O3S/c18-10-12-3-1-4-13(9-12)11-21(19,20)15-5-2-7-17-8-6-14-16-17/h1,3-4,6,8-9,15,18H,2,5,7,10-11H2. The molecule has 7 nitrogen and oxygen atoms in total. The first-order valence-electron chi connectivity index (χ1n) is 6.59. The van der Waals surface area contributed by atoms with Gasteiger partial charge in [-0.1, -0.05) is 29.5 Å². The fraction of sp³-hybridized carbons (Fsp3) is 0.385. The Kier molecular flexibility index (Phi) is 5.43. The Labute approximate surface area is 123 Å².